The van der Waals surface area contributed by atoms with Crippen molar-refractivity contribution in [1.29, 1.82) is 0 Å². The molecule has 0 saturated heterocycles. The summed E-state index contributed by atoms with van der Waals surface area (Å²) in [6, 6.07) is 7.44. The number of anilines is 1. The molecule has 2 rings (SSSR count). The molecule has 1 aromatic carbocycles. The quantitative estimate of drug-likeness (QED) is 0.909. The second kappa shape index (κ2) is 6.45. The highest BCUT2D eigenvalue weighted by molar-refractivity contribution is 7.92. The van der Waals surface area contributed by atoms with E-state index in [0.717, 1.165) is 5.56 Å². The van der Waals surface area contributed by atoms with Crippen LogP contribution in [0.25, 0.3) is 0 Å². The van der Waals surface area contributed by atoms with Gasteiger partial charge in [0.1, 0.15) is 5.75 Å². The van der Waals surface area contributed by atoms with Crippen LogP contribution < -0.4 is 15.0 Å². The highest BCUT2D eigenvalue weighted by Crippen LogP contribution is 2.24. The molecular formula is C16H20N2O4S. The Kier molecular flexibility index (Phi) is 4.79. The van der Waals surface area contributed by atoms with Gasteiger partial charge >= 0.3 is 0 Å². The van der Waals surface area contributed by atoms with Gasteiger partial charge in [0.2, 0.25) is 5.56 Å². The number of nitrogens with zero attached hydrogens (tertiary/aromatic N) is 1. The largest absolute Gasteiger partial charge is 0.491 e. The molecule has 1 aromatic heterocycles. The third kappa shape index (κ3) is 4.13. The van der Waals surface area contributed by atoms with Crippen LogP contribution in [0.1, 0.15) is 19.4 Å². The number of nitrogens with one attached hydrogen (secondary N) is 1. The average molecular weight is 336 g/mol. The normalized spacial score (nSPS) is 11.5. The summed E-state index contributed by atoms with van der Waals surface area (Å²) in [4.78, 5) is 11.5. The van der Waals surface area contributed by atoms with E-state index in [-0.39, 0.29) is 16.6 Å². The Labute approximate surface area is 135 Å². The van der Waals surface area contributed by atoms with Crippen LogP contribution in [-0.4, -0.2) is 19.1 Å². The number of benzene rings is 1. The molecular weight excluding hydrogens is 316 g/mol. The van der Waals surface area contributed by atoms with Crippen LogP contribution in [0.2, 0.25) is 0 Å². The van der Waals surface area contributed by atoms with Crippen molar-refractivity contribution in [3.8, 4) is 5.75 Å². The zero-order chi connectivity index (χ0) is 17.2. The summed E-state index contributed by atoms with van der Waals surface area (Å²) in [5.41, 5.74) is 0.855. The third-order valence-corrected chi connectivity index (χ3v) is 4.54. The SMILES string of the molecule is Cc1cc(S(=O)(=O)Nc2ccc(=O)n(C)c2)ccc1OC(C)C. The summed E-state index contributed by atoms with van der Waals surface area (Å²) in [5, 5.41) is 0. The molecule has 0 atom stereocenters. The molecule has 0 aliphatic heterocycles. The van der Waals surface area contributed by atoms with Crippen molar-refractivity contribution in [1.82, 2.24) is 4.57 Å². The molecule has 23 heavy (non-hydrogen) atoms. The molecule has 6 nitrogen and oxygen atoms in total. The van der Waals surface area contributed by atoms with Crippen LogP contribution in [0.3, 0.4) is 0 Å². The van der Waals surface area contributed by atoms with Gasteiger partial charge in [-0.1, -0.05) is 0 Å². The van der Waals surface area contributed by atoms with E-state index in [4.69, 9.17) is 4.74 Å². The Morgan fingerprint density at radius 2 is 1.87 bits per heavy atom. The number of aryl methyl sites for hydroxylation is 2. The first-order valence-electron chi connectivity index (χ1n) is 7.16. The molecule has 7 heteroatoms. The van der Waals surface area contributed by atoms with Crippen LogP contribution in [-0.2, 0) is 17.1 Å². The number of rotatable bonds is 5. The highest BCUT2D eigenvalue weighted by Gasteiger charge is 2.16. The molecule has 0 fully saturated rings. The summed E-state index contributed by atoms with van der Waals surface area (Å²) in [6.07, 6.45) is 1.45. The van der Waals surface area contributed by atoms with Gasteiger partial charge in [-0.15, -0.1) is 0 Å². The second-order valence-electron chi connectivity index (χ2n) is 5.57. The number of hydrogen-bond donors (Lipinski definition) is 1. The first-order chi connectivity index (χ1) is 10.7. The molecule has 124 valence electrons. The van der Waals surface area contributed by atoms with Gasteiger partial charge < -0.3 is 9.30 Å². The Morgan fingerprint density at radius 1 is 1.17 bits per heavy atom. The van der Waals surface area contributed by atoms with Crippen molar-refractivity contribution >= 4 is 15.7 Å². The fourth-order valence-electron chi connectivity index (χ4n) is 2.04. The monoisotopic (exact) mass is 336 g/mol. The van der Waals surface area contributed by atoms with E-state index in [1.807, 2.05) is 13.8 Å². The molecule has 1 heterocycles. The van der Waals surface area contributed by atoms with Crippen LogP contribution in [0.15, 0.2) is 46.2 Å². The summed E-state index contributed by atoms with van der Waals surface area (Å²) >= 11 is 0. The van der Waals surface area contributed by atoms with Crippen LogP contribution >= 0.6 is 0 Å². The van der Waals surface area contributed by atoms with Gasteiger partial charge in [0.15, 0.2) is 0 Å². The summed E-state index contributed by atoms with van der Waals surface area (Å²) in [5.74, 6) is 0.654. The molecule has 0 unspecified atom stereocenters. The molecule has 0 saturated carbocycles. The van der Waals surface area contributed by atoms with Crippen molar-refractivity contribution < 1.29 is 13.2 Å². The molecule has 0 aliphatic rings. The fourth-order valence-corrected chi connectivity index (χ4v) is 3.17. The Bertz CT molecular complexity index is 870. The van der Waals surface area contributed by atoms with Crippen molar-refractivity contribution in [2.45, 2.75) is 31.8 Å². The van der Waals surface area contributed by atoms with Crippen molar-refractivity contribution in [2.75, 3.05) is 4.72 Å². The van der Waals surface area contributed by atoms with Gasteiger partial charge in [-0.3, -0.25) is 9.52 Å². The van der Waals surface area contributed by atoms with E-state index in [2.05, 4.69) is 4.72 Å². The lowest BCUT2D eigenvalue weighted by Crippen LogP contribution is -2.18. The molecule has 0 amide bonds. The topological polar surface area (TPSA) is 77.4 Å². The smallest absolute Gasteiger partial charge is 0.261 e. The zero-order valence-electron chi connectivity index (χ0n) is 13.5. The van der Waals surface area contributed by atoms with E-state index in [0.29, 0.717) is 11.4 Å². The fraction of sp³-hybridized carbons (Fsp3) is 0.312. The Balaban J connectivity index is 2.30. The standard InChI is InChI=1S/C16H20N2O4S/c1-11(2)22-15-7-6-14(9-12(15)3)23(20,21)17-13-5-8-16(19)18(4)10-13/h5-11,17H,1-4H3. The van der Waals surface area contributed by atoms with E-state index in [9.17, 15) is 13.2 Å². The first kappa shape index (κ1) is 17.1. The lowest BCUT2D eigenvalue weighted by atomic mass is 10.2. The Hall–Kier alpha value is -2.28. The number of aromatic nitrogens is 1. The average Bonchev–Trinajstić information content (AvgIpc) is 2.44. The van der Waals surface area contributed by atoms with Gasteiger partial charge in [0.25, 0.3) is 10.0 Å². The van der Waals surface area contributed by atoms with Gasteiger partial charge in [-0.05, 0) is 50.6 Å². The minimum atomic E-state index is -3.73. The number of pyridine rings is 1. The Morgan fingerprint density at radius 3 is 2.43 bits per heavy atom. The van der Waals surface area contributed by atoms with Crippen molar-refractivity contribution in [2.24, 2.45) is 7.05 Å². The maximum Gasteiger partial charge on any atom is 0.261 e. The maximum absolute atomic E-state index is 12.4. The van der Waals surface area contributed by atoms with Gasteiger partial charge in [-0.2, -0.15) is 0 Å². The van der Waals surface area contributed by atoms with E-state index >= 15 is 0 Å². The van der Waals surface area contributed by atoms with Crippen molar-refractivity contribution in [3.63, 3.8) is 0 Å². The number of ether oxygens (including phenoxy) is 1. The lowest BCUT2D eigenvalue weighted by molar-refractivity contribution is 0.240. The third-order valence-electron chi connectivity index (χ3n) is 3.16. The first-order valence-corrected chi connectivity index (χ1v) is 8.64. The molecule has 0 aliphatic carbocycles. The number of hydrogen-bond acceptors (Lipinski definition) is 4. The van der Waals surface area contributed by atoms with E-state index in [1.54, 1.807) is 26.1 Å². The molecule has 0 radical (unpaired) electrons. The van der Waals surface area contributed by atoms with Gasteiger partial charge in [0.05, 0.1) is 16.7 Å². The van der Waals surface area contributed by atoms with Crippen LogP contribution in [0.5, 0.6) is 5.75 Å². The zero-order valence-corrected chi connectivity index (χ0v) is 14.3. The predicted molar refractivity (Wildman–Crippen MR) is 89.4 cm³/mol. The minimum absolute atomic E-state index is 0.0138. The summed E-state index contributed by atoms with van der Waals surface area (Å²) < 4.78 is 34.3. The summed E-state index contributed by atoms with van der Waals surface area (Å²) in [6.45, 7) is 5.61. The second-order valence-corrected chi connectivity index (χ2v) is 7.25. The minimum Gasteiger partial charge on any atom is -0.491 e. The lowest BCUT2D eigenvalue weighted by Gasteiger charge is -2.14. The number of sulfonamides is 1. The van der Waals surface area contributed by atoms with E-state index in [1.165, 1.54) is 29.0 Å². The maximum atomic E-state index is 12.4. The molecule has 1 N–H and O–H groups in total. The molecule has 0 spiro atoms. The van der Waals surface area contributed by atoms with E-state index < -0.39 is 10.0 Å². The van der Waals surface area contributed by atoms with Crippen LogP contribution in [0.4, 0.5) is 5.69 Å². The van der Waals surface area contributed by atoms with Gasteiger partial charge in [-0.25, -0.2) is 8.42 Å². The van der Waals surface area contributed by atoms with Crippen molar-refractivity contribution in [3.05, 3.63) is 52.4 Å². The van der Waals surface area contributed by atoms with Crippen LogP contribution in [0, 0.1) is 6.92 Å². The van der Waals surface area contributed by atoms with Gasteiger partial charge in [0, 0.05) is 19.3 Å². The molecule has 2 aromatic rings. The molecule has 0 bridgehead atoms. The predicted octanol–water partition coefficient (Wildman–Crippen LogP) is 2.28. The summed E-state index contributed by atoms with van der Waals surface area (Å²) in [7, 11) is -2.17. The highest BCUT2D eigenvalue weighted by atomic mass is 32.2.